The van der Waals surface area contributed by atoms with E-state index in [1.807, 2.05) is 74.0 Å². The van der Waals surface area contributed by atoms with Crippen LogP contribution in [0.3, 0.4) is 0 Å². The number of methoxy groups -OCH3 is 3. The summed E-state index contributed by atoms with van der Waals surface area (Å²) in [6, 6.07) is 19.0. The first-order valence-corrected chi connectivity index (χ1v) is 24.6. The van der Waals surface area contributed by atoms with E-state index < -0.39 is 5.82 Å². The summed E-state index contributed by atoms with van der Waals surface area (Å²) in [7, 11) is 6.71. The minimum Gasteiger partial charge on any atom is -0.495 e. The Hall–Kier alpha value is -5.97. The summed E-state index contributed by atoms with van der Waals surface area (Å²) < 4.78 is 37.7. The number of aryl methyl sites for hydroxylation is 1. The van der Waals surface area contributed by atoms with Crippen molar-refractivity contribution in [2.75, 3.05) is 44.2 Å². The fourth-order valence-electron chi connectivity index (χ4n) is 8.11. The second-order valence-corrected chi connectivity index (χ2v) is 19.6. The molecule has 2 saturated heterocycles. The first-order chi connectivity index (χ1) is 32.9. The molecule has 70 heavy (non-hydrogen) atoms. The average Bonchev–Trinajstić information content (AvgIpc) is 4.17. The number of nitrogens with zero attached hydrogens (tertiary/aromatic N) is 10. The molecule has 11 rings (SSSR count). The zero-order valence-corrected chi connectivity index (χ0v) is 43.1. The molecule has 0 atom stereocenters. The van der Waals surface area contributed by atoms with Gasteiger partial charge in [0.2, 0.25) is 17.0 Å². The Balaban J connectivity index is 0.000000173. The van der Waals surface area contributed by atoms with E-state index in [-0.39, 0.29) is 32.3 Å². The number of hydrogen-bond donors (Lipinski definition) is 0. The molecule has 2 aliphatic rings. The summed E-state index contributed by atoms with van der Waals surface area (Å²) in [5.41, 5.74) is 5.60. The molecule has 0 aliphatic carbocycles. The molecule has 20 heteroatoms. The summed E-state index contributed by atoms with van der Waals surface area (Å²) in [6.45, 7) is 1.38. The summed E-state index contributed by atoms with van der Waals surface area (Å²) >= 11 is 10.5. The second kappa shape index (κ2) is 22.4. The predicted octanol–water partition coefficient (Wildman–Crippen LogP) is 12.1. The van der Waals surface area contributed by atoms with E-state index in [0.29, 0.717) is 47.3 Å². The van der Waals surface area contributed by atoms with Gasteiger partial charge in [-0.1, -0.05) is 46.7 Å². The maximum atomic E-state index is 14.8. The van der Waals surface area contributed by atoms with Crippen LogP contribution in [0.25, 0.3) is 49.5 Å². The number of halogens is 4. The van der Waals surface area contributed by atoms with Crippen LogP contribution in [0.1, 0.15) is 40.5 Å². The largest absolute Gasteiger partial charge is 0.495 e. The fourth-order valence-corrected chi connectivity index (χ4v) is 10.3. The van der Waals surface area contributed by atoms with Gasteiger partial charge in [0.25, 0.3) is 0 Å². The van der Waals surface area contributed by atoms with Gasteiger partial charge in [-0.3, -0.25) is 33.6 Å². The number of benzene rings is 3. The number of rotatable bonds is 8. The molecule has 0 spiro atoms. The van der Waals surface area contributed by atoms with Crippen LogP contribution in [0.15, 0.2) is 117 Å². The lowest BCUT2D eigenvalue weighted by Crippen LogP contribution is -2.24. The molecule has 6 aromatic heterocycles. The van der Waals surface area contributed by atoms with Crippen molar-refractivity contribution >= 4 is 128 Å². The fraction of sp³-hybridized carbons (Fsp3) is 0.240. The lowest BCUT2D eigenvalue weighted by atomic mass is 10.1. The number of fused-ring (bicyclic) bond motifs is 4. The number of hydrogen-bond acceptors (Lipinski definition) is 12. The van der Waals surface area contributed by atoms with E-state index in [1.165, 1.54) is 17.8 Å². The van der Waals surface area contributed by atoms with Crippen molar-refractivity contribution in [1.29, 1.82) is 0 Å². The average molecular weight is 1210 g/mol. The molecule has 2 amide bonds. The van der Waals surface area contributed by atoms with Crippen LogP contribution < -0.4 is 24.0 Å². The van der Waals surface area contributed by atoms with Crippen molar-refractivity contribution in [3.05, 3.63) is 116 Å². The van der Waals surface area contributed by atoms with Crippen LogP contribution in [-0.2, 0) is 16.6 Å². The smallest absolute Gasteiger partial charge is 0.227 e. The first-order valence-electron chi connectivity index (χ1n) is 21.1. The summed E-state index contributed by atoms with van der Waals surface area (Å²) in [6.07, 6.45) is 13.4. The Kier molecular flexibility index (Phi) is 16.6. The SMILES string of the molecule is C.C.COc1c(I)cnc2ccc(Br)cc12.COc1c(N2CCCC2=O)cnc2ccc(Br)cc12.COc1c(N2CCCC2=O)cnc2ccc(Sc3nnc4c(F)cc(-c5cnn(C)c5)cn34)cc12. The summed E-state index contributed by atoms with van der Waals surface area (Å²) in [5.74, 6) is 1.93. The third kappa shape index (κ3) is 10.5. The highest BCUT2D eigenvalue weighted by Crippen LogP contribution is 2.41. The number of anilines is 2. The van der Waals surface area contributed by atoms with E-state index in [9.17, 15) is 14.0 Å². The number of carbonyl (C=O) groups excluding carboxylic acids is 2. The summed E-state index contributed by atoms with van der Waals surface area (Å²) in [5, 5.41) is 15.7. The van der Waals surface area contributed by atoms with Crippen molar-refractivity contribution in [3.8, 4) is 28.4 Å². The molecule has 15 nitrogen and oxygen atoms in total. The van der Waals surface area contributed by atoms with Gasteiger partial charge in [0.1, 0.15) is 17.1 Å². The van der Waals surface area contributed by atoms with Crippen molar-refractivity contribution in [1.82, 2.24) is 39.3 Å². The molecule has 0 radical (unpaired) electrons. The molecular weight excluding hydrogens is 1160 g/mol. The van der Waals surface area contributed by atoms with Crippen LogP contribution in [-0.4, -0.2) is 85.6 Å². The standard InChI is InChI=1S/C24H20FN7O2S.C14H13BrN2O2.C10H7BrINO.2CH4/c1-30-12-15(10-27-30)14-8-18(25)23-28-29-24(32(23)13-14)35-16-5-6-19-17(9-16)22(34-2)20(11-26-19)31-7-3-4-21(31)33;1-19-14-10-7-9(15)4-5-11(10)16-8-12(14)17-6-2-3-13(17)18;1-14-10-7-4-6(11)2-3-9(7)13-5-8(10)12;;/h5-6,8-13H,3-4,7H2,1-2H3;4-5,7-8H,2-3,6H2,1H3;2-5H,1H3;2*1H4. The molecule has 2 aliphatic heterocycles. The Morgan fingerprint density at radius 2 is 1.19 bits per heavy atom. The Morgan fingerprint density at radius 3 is 1.70 bits per heavy atom. The molecule has 2 fully saturated rings. The van der Waals surface area contributed by atoms with E-state index in [1.54, 1.807) is 65.0 Å². The van der Waals surface area contributed by atoms with Crippen LogP contribution in [0.5, 0.6) is 17.2 Å². The zero-order valence-electron chi connectivity index (χ0n) is 36.9. The van der Waals surface area contributed by atoms with Gasteiger partial charge in [0, 0.05) is 92.7 Å². The molecule has 0 N–H and O–H groups in total. The number of amides is 2. The van der Waals surface area contributed by atoms with Crippen LogP contribution in [0, 0.1) is 9.39 Å². The van der Waals surface area contributed by atoms with Crippen molar-refractivity contribution in [3.63, 3.8) is 0 Å². The molecule has 362 valence electrons. The Labute approximate surface area is 438 Å². The maximum absolute atomic E-state index is 14.8. The normalized spacial score (nSPS) is 13.2. The Bertz CT molecular complexity index is 3410. The second-order valence-electron chi connectivity index (χ2n) is 15.6. The van der Waals surface area contributed by atoms with Crippen molar-refractivity contribution in [2.45, 2.75) is 50.6 Å². The molecule has 8 heterocycles. The van der Waals surface area contributed by atoms with Crippen LogP contribution in [0.4, 0.5) is 15.8 Å². The van der Waals surface area contributed by atoms with Gasteiger partial charge in [-0.05, 0) is 108 Å². The zero-order chi connectivity index (χ0) is 47.6. The van der Waals surface area contributed by atoms with Gasteiger partial charge in [-0.25, -0.2) is 4.39 Å². The van der Waals surface area contributed by atoms with Gasteiger partial charge < -0.3 is 24.0 Å². The van der Waals surface area contributed by atoms with Gasteiger partial charge in [-0.15, -0.1) is 10.2 Å². The minimum atomic E-state index is -0.463. The molecule has 0 saturated carbocycles. The third-order valence-electron chi connectivity index (χ3n) is 11.3. The number of pyridine rings is 4. The van der Waals surface area contributed by atoms with Gasteiger partial charge in [0.15, 0.2) is 23.0 Å². The van der Waals surface area contributed by atoms with Gasteiger partial charge >= 0.3 is 0 Å². The van der Waals surface area contributed by atoms with E-state index >= 15 is 0 Å². The molecule has 3 aromatic carbocycles. The van der Waals surface area contributed by atoms with Crippen LogP contribution in [0.2, 0.25) is 0 Å². The summed E-state index contributed by atoms with van der Waals surface area (Å²) in [4.78, 5) is 41.8. The Morgan fingerprint density at radius 1 is 0.657 bits per heavy atom. The number of ether oxygens (including phenoxy) is 3. The van der Waals surface area contributed by atoms with E-state index in [0.717, 1.165) is 86.5 Å². The van der Waals surface area contributed by atoms with Gasteiger partial charge in [0.05, 0.1) is 60.0 Å². The quantitative estimate of drug-likeness (QED) is 0.133. The maximum Gasteiger partial charge on any atom is 0.227 e. The molecule has 0 unspecified atom stereocenters. The van der Waals surface area contributed by atoms with Crippen molar-refractivity contribution in [2.24, 2.45) is 7.05 Å². The first kappa shape index (κ1) is 51.9. The van der Waals surface area contributed by atoms with E-state index in [2.05, 4.69) is 84.7 Å². The third-order valence-corrected chi connectivity index (χ3v) is 14.0. The highest BCUT2D eigenvalue weighted by Gasteiger charge is 2.27. The molecular formula is C50H48Br2FIN10O5S. The van der Waals surface area contributed by atoms with E-state index in [4.69, 9.17) is 14.2 Å². The minimum absolute atomic E-state index is 0. The highest BCUT2D eigenvalue weighted by atomic mass is 127. The predicted molar refractivity (Wildman–Crippen MR) is 289 cm³/mol. The lowest BCUT2D eigenvalue weighted by Gasteiger charge is -2.19. The van der Waals surface area contributed by atoms with Crippen LogP contribution >= 0.6 is 66.2 Å². The number of carbonyl (C=O) groups is 2. The molecule has 9 aromatic rings. The highest BCUT2D eigenvalue weighted by molar-refractivity contribution is 14.1. The van der Waals surface area contributed by atoms with Gasteiger partial charge in [-0.2, -0.15) is 5.10 Å². The number of aromatic nitrogens is 8. The van der Waals surface area contributed by atoms with Crippen molar-refractivity contribution < 1.29 is 28.2 Å². The monoisotopic (exact) mass is 1200 g/mol. The topological polar surface area (TPSA) is 155 Å². The lowest BCUT2D eigenvalue weighted by molar-refractivity contribution is -0.117. The molecule has 0 bridgehead atoms.